The standard InChI is InChI=1S/C24H23ClN6O2S/c1-16-5-7-17(8-6-16)22-28-31-21(32)14-20(27-24(31)34-22)15-29-9-11-30(12-10-29)23(33)26-19-4-2-3-18(25)13-19/h2-8,13-14H,9-12,15H2,1H3,(H,26,33). The van der Waals surface area contributed by atoms with E-state index in [1.54, 1.807) is 29.2 Å². The fourth-order valence-electron chi connectivity index (χ4n) is 3.86. The van der Waals surface area contributed by atoms with E-state index in [9.17, 15) is 9.59 Å². The number of hydrogen-bond acceptors (Lipinski definition) is 6. The zero-order chi connectivity index (χ0) is 23.7. The predicted octanol–water partition coefficient (Wildman–Crippen LogP) is 4.13. The topological polar surface area (TPSA) is 82.8 Å². The van der Waals surface area contributed by atoms with E-state index in [-0.39, 0.29) is 11.6 Å². The van der Waals surface area contributed by atoms with Gasteiger partial charge in [-0.1, -0.05) is 58.8 Å². The van der Waals surface area contributed by atoms with Crippen LogP contribution >= 0.6 is 22.9 Å². The molecule has 0 unspecified atom stereocenters. The number of fused-ring (bicyclic) bond motifs is 1. The van der Waals surface area contributed by atoms with Crippen molar-refractivity contribution in [1.29, 1.82) is 0 Å². The van der Waals surface area contributed by atoms with Gasteiger partial charge in [0.1, 0.15) is 5.01 Å². The van der Waals surface area contributed by atoms with Gasteiger partial charge in [-0.15, -0.1) is 0 Å². The summed E-state index contributed by atoms with van der Waals surface area (Å²) in [4.78, 5) is 34.5. The van der Waals surface area contributed by atoms with Gasteiger partial charge in [0.15, 0.2) is 0 Å². The molecule has 174 valence electrons. The van der Waals surface area contributed by atoms with Gasteiger partial charge in [-0.05, 0) is 25.1 Å². The van der Waals surface area contributed by atoms with Crippen molar-refractivity contribution in [1.82, 2.24) is 24.4 Å². The molecule has 2 amide bonds. The fourth-order valence-corrected chi connectivity index (χ4v) is 4.98. The van der Waals surface area contributed by atoms with Gasteiger partial charge in [0.25, 0.3) is 5.56 Å². The number of aryl methyl sites for hydroxylation is 1. The molecule has 1 saturated heterocycles. The molecule has 10 heteroatoms. The van der Waals surface area contributed by atoms with Crippen molar-refractivity contribution < 1.29 is 4.79 Å². The number of aromatic nitrogens is 3. The van der Waals surface area contributed by atoms with Crippen LogP contribution in [-0.4, -0.2) is 56.6 Å². The van der Waals surface area contributed by atoms with Gasteiger partial charge in [-0.25, -0.2) is 9.78 Å². The predicted molar refractivity (Wildman–Crippen MR) is 135 cm³/mol. The van der Waals surface area contributed by atoms with Crippen LogP contribution in [0, 0.1) is 6.92 Å². The van der Waals surface area contributed by atoms with Crippen LogP contribution in [0.2, 0.25) is 5.02 Å². The molecule has 1 fully saturated rings. The molecule has 1 aliphatic heterocycles. The lowest BCUT2D eigenvalue weighted by atomic mass is 10.2. The Hall–Kier alpha value is -3.27. The molecule has 0 aliphatic carbocycles. The van der Waals surface area contributed by atoms with E-state index in [4.69, 9.17) is 11.6 Å². The molecular weight excluding hydrogens is 472 g/mol. The number of anilines is 1. The lowest BCUT2D eigenvalue weighted by molar-refractivity contribution is 0.142. The Morgan fingerprint density at radius 3 is 2.59 bits per heavy atom. The normalized spacial score (nSPS) is 14.5. The summed E-state index contributed by atoms with van der Waals surface area (Å²) in [5.74, 6) is 0. The van der Waals surface area contributed by atoms with Crippen LogP contribution in [0.25, 0.3) is 15.5 Å². The summed E-state index contributed by atoms with van der Waals surface area (Å²) in [5.41, 5.74) is 3.33. The van der Waals surface area contributed by atoms with Crippen LogP contribution in [0.15, 0.2) is 59.4 Å². The number of carbonyl (C=O) groups excluding carboxylic acids is 1. The number of hydrogen-bond donors (Lipinski definition) is 1. The van der Waals surface area contributed by atoms with E-state index in [0.29, 0.717) is 54.1 Å². The maximum absolute atomic E-state index is 12.7. The van der Waals surface area contributed by atoms with Crippen molar-refractivity contribution in [3.63, 3.8) is 0 Å². The molecule has 34 heavy (non-hydrogen) atoms. The van der Waals surface area contributed by atoms with Crippen LogP contribution < -0.4 is 10.9 Å². The number of carbonyl (C=O) groups is 1. The Balaban J connectivity index is 1.23. The Labute approximate surface area is 205 Å². The Bertz CT molecular complexity index is 1390. The molecule has 1 N–H and O–H groups in total. The molecule has 4 aromatic rings. The Kier molecular flexibility index (Phi) is 6.32. The van der Waals surface area contributed by atoms with Crippen molar-refractivity contribution >= 4 is 39.6 Å². The summed E-state index contributed by atoms with van der Waals surface area (Å²) in [6.07, 6.45) is 0. The summed E-state index contributed by atoms with van der Waals surface area (Å²) < 4.78 is 1.36. The van der Waals surface area contributed by atoms with Crippen LogP contribution in [-0.2, 0) is 6.54 Å². The molecule has 3 heterocycles. The second kappa shape index (κ2) is 9.54. The molecule has 0 radical (unpaired) electrons. The first-order chi connectivity index (χ1) is 16.4. The van der Waals surface area contributed by atoms with Gasteiger partial charge in [-0.3, -0.25) is 9.69 Å². The molecule has 0 bridgehead atoms. The van der Waals surface area contributed by atoms with Crippen molar-refractivity contribution in [2.75, 3.05) is 31.5 Å². The highest BCUT2D eigenvalue weighted by Crippen LogP contribution is 2.24. The summed E-state index contributed by atoms with van der Waals surface area (Å²) in [6, 6.07) is 16.6. The first kappa shape index (κ1) is 22.5. The number of nitrogens with zero attached hydrogens (tertiary/aromatic N) is 5. The highest BCUT2D eigenvalue weighted by atomic mass is 35.5. The van der Waals surface area contributed by atoms with E-state index in [0.717, 1.165) is 10.6 Å². The second-order valence-corrected chi connectivity index (χ2v) is 9.65. The van der Waals surface area contributed by atoms with E-state index < -0.39 is 0 Å². The van der Waals surface area contributed by atoms with Crippen LogP contribution in [0.5, 0.6) is 0 Å². The van der Waals surface area contributed by atoms with Crippen LogP contribution in [0.1, 0.15) is 11.3 Å². The highest BCUT2D eigenvalue weighted by molar-refractivity contribution is 7.19. The maximum Gasteiger partial charge on any atom is 0.321 e. The monoisotopic (exact) mass is 494 g/mol. The smallest absolute Gasteiger partial charge is 0.321 e. The number of nitrogens with one attached hydrogen (secondary N) is 1. The minimum Gasteiger partial charge on any atom is -0.322 e. The van der Waals surface area contributed by atoms with E-state index in [1.165, 1.54) is 21.4 Å². The molecule has 2 aromatic heterocycles. The first-order valence-corrected chi connectivity index (χ1v) is 12.1. The summed E-state index contributed by atoms with van der Waals surface area (Å²) in [5, 5.41) is 8.69. The van der Waals surface area contributed by atoms with Crippen LogP contribution in [0.3, 0.4) is 0 Å². The average molecular weight is 495 g/mol. The zero-order valence-corrected chi connectivity index (χ0v) is 20.1. The minimum absolute atomic E-state index is 0.145. The van der Waals surface area contributed by atoms with Gasteiger partial charge in [0, 0.05) is 55.1 Å². The first-order valence-electron chi connectivity index (χ1n) is 11.0. The quantitative estimate of drug-likeness (QED) is 0.461. The second-order valence-electron chi connectivity index (χ2n) is 8.26. The van der Waals surface area contributed by atoms with Gasteiger partial charge in [-0.2, -0.15) is 9.61 Å². The van der Waals surface area contributed by atoms with Crippen molar-refractivity contribution in [2.24, 2.45) is 0 Å². The number of benzene rings is 2. The third-order valence-electron chi connectivity index (χ3n) is 5.72. The Morgan fingerprint density at radius 1 is 1.09 bits per heavy atom. The summed E-state index contributed by atoms with van der Waals surface area (Å²) >= 11 is 7.40. The summed E-state index contributed by atoms with van der Waals surface area (Å²) in [7, 11) is 0. The van der Waals surface area contributed by atoms with E-state index >= 15 is 0 Å². The zero-order valence-electron chi connectivity index (χ0n) is 18.6. The van der Waals surface area contributed by atoms with Gasteiger partial charge >= 0.3 is 6.03 Å². The molecular formula is C24H23ClN6O2S. The number of halogens is 1. The largest absolute Gasteiger partial charge is 0.322 e. The molecule has 2 aromatic carbocycles. The maximum atomic E-state index is 12.7. The molecule has 0 saturated carbocycles. The Morgan fingerprint density at radius 2 is 1.85 bits per heavy atom. The fraction of sp³-hybridized carbons (Fsp3) is 0.250. The number of amides is 2. The van der Waals surface area contributed by atoms with Gasteiger partial charge in [0.2, 0.25) is 4.96 Å². The average Bonchev–Trinajstić information content (AvgIpc) is 3.25. The van der Waals surface area contributed by atoms with Crippen molar-refractivity contribution in [3.8, 4) is 10.6 Å². The third kappa shape index (κ3) is 4.96. The number of piperazine rings is 1. The molecule has 1 aliphatic rings. The van der Waals surface area contributed by atoms with Crippen molar-refractivity contribution in [2.45, 2.75) is 13.5 Å². The molecule has 0 atom stereocenters. The number of rotatable bonds is 4. The minimum atomic E-state index is -0.186. The third-order valence-corrected chi connectivity index (χ3v) is 6.91. The molecule has 5 rings (SSSR count). The SMILES string of the molecule is Cc1ccc(-c2nn3c(=O)cc(CN4CCN(C(=O)Nc5cccc(Cl)c5)CC4)nc3s2)cc1. The molecule has 0 spiro atoms. The lowest BCUT2D eigenvalue weighted by Gasteiger charge is -2.34. The van der Waals surface area contributed by atoms with Gasteiger partial charge < -0.3 is 10.2 Å². The summed E-state index contributed by atoms with van der Waals surface area (Å²) in [6.45, 7) is 5.15. The molecule has 8 nitrogen and oxygen atoms in total. The van der Waals surface area contributed by atoms with Crippen LogP contribution in [0.4, 0.5) is 10.5 Å². The van der Waals surface area contributed by atoms with Gasteiger partial charge in [0.05, 0.1) is 5.69 Å². The van der Waals surface area contributed by atoms with E-state index in [1.807, 2.05) is 37.3 Å². The highest BCUT2D eigenvalue weighted by Gasteiger charge is 2.22. The lowest BCUT2D eigenvalue weighted by Crippen LogP contribution is -2.49. The van der Waals surface area contributed by atoms with Crippen molar-refractivity contribution in [3.05, 3.63) is 81.2 Å². The number of urea groups is 1. The van der Waals surface area contributed by atoms with E-state index in [2.05, 4.69) is 20.3 Å².